The summed E-state index contributed by atoms with van der Waals surface area (Å²) >= 11 is 0. The van der Waals surface area contributed by atoms with Crippen molar-refractivity contribution in [3.05, 3.63) is 42.2 Å². The Morgan fingerprint density at radius 1 is 1.11 bits per heavy atom. The molecule has 5 rings (SSSR count). The molecule has 1 aliphatic heterocycles. The molecule has 0 amide bonds. The van der Waals surface area contributed by atoms with Crippen LogP contribution in [0, 0.1) is 0 Å². The summed E-state index contributed by atoms with van der Waals surface area (Å²) in [4.78, 5) is 11.7. The van der Waals surface area contributed by atoms with Gasteiger partial charge in [-0.05, 0) is 43.7 Å². The summed E-state index contributed by atoms with van der Waals surface area (Å²) in [6, 6.07) is 8.52. The Labute approximate surface area is 210 Å². The summed E-state index contributed by atoms with van der Waals surface area (Å²) in [6.07, 6.45) is 4.36. The fourth-order valence-electron chi connectivity index (χ4n) is 5.41. The number of alkyl halides is 2. The predicted octanol–water partition coefficient (Wildman–Crippen LogP) is 4.44. The Bertz CT molecular complexity index is 1140. The Hall–Kier alpha value is -2.62. The maximum absolute atomic E-state index is 12.8. The van der Waals surface area contributed by atoms with Crippen LogP contribution in [0.25, 0.3) is 22.2 Å². The van der Waals surface area contributed by atoms with E-state index in [2.05, 4.69) is 55.5 Å². The number of benzene rings is 1. The molecule has 1 aliphatic carbocycles. The van der Waals surface area contributed by atoms with E-state index in [9.17, 15) is 13.9 Å². The second-order valence-electron chi connectivity index (χ2n) is 10.2. The second-order valence-corrected chi connectivity index (χ2v) is 10.2. The number of hydrogen-bond donors (Lipinski definition) is 3. The molecular weight excluding hydrogens is 462 g/mol. The first kappa shape index (κ1) is 25.0. The molecule has 2 aromatic heterocycles. The minimum absolute atomic E-state index is 0.234. The summed E-state index contributed by atoms with van der Waals surface area (Å²) < 4.78 is 27.8. The number of piperazine rings is 1. The molecule has 0 radical (unpaired) electrons. The normalized spacial score (nSPS) is 22.2. The number of nitrogens with one attached hydrogen (secondary N) is 2. The third-order valence-corrected chi connectivity index (χ3v) is 7.42. The van der Waals surface area contributed by atoms with Crippen molar-refractivity contribution >= 4 is 17.0 Å². The highest BCUT2D eigenvalue weighted by Gasteiger charge is 2.24. The number of nitrogens with zero attached hydrogens (tertiary/aromatic N) is 4. The highest BCUT2D eigenvalue weighted by molar-refractivity contribution is 5.94. The third kappa shape index (κ3) is 5.85. The van der Waals surface area contributed by atoms with Crippen molar-refractivity contribution in [3.63, 3.8) is 0 Å². The van der Waals surface area contributed by atoms with Crippen molar-refractivity contribution in [2.45, 2.75) is 70.2 Å². The predicted molar refractivity (Wildman–Crippen MR) is 138 cm³/mol. The summed E-state index contributed by atoms with van der Waals surface area (Å²) in [7, 11) is 0. The molecule has 2 fully saturated rings. The molecule has 7 nitrogen and oxygen atoms in total. The third-order valence-electron chi connectivity index (χ3n) is 7.42. The molecule has 36 heavy (non-hydrogen) atoms. The van der Waals surface area contributed by atoms with Gasteiger partial charge in [0.25, 0.3) is 0 Å². The van der Waals surface area contributed by atoms with Crippen LogP contribution in [0.2, 0.25) is 0 Å². The van der Waals surface area contributed by atoms with E-state index in [4.69, 9.17) is 4.98 Å². The number of aliphatic hydroxyl groups excluding tert-OH is 1. The highest BCUT2D eigenvalue weighted by atomic mass is 19.3. The molecule has 0 bridgehead atoms. The van der Waals surface area contributed by atoms with E-state index in [1.807, 2.05) is 0 Å². The number of aromatic nitrogens is 3. The quantitative estimate of drug-likeness (QED) is 0.426. The molecule has 0 unspecified atom stereocenters. The van der Waals surface area contributed by atoms with E-state index in [1.165, 1.54) is 5.56 Å². The first-order chi connectivity index (χ1) is 17.5. The van der Waals surface area contributed by atoms with Crippen molar-refractivity contribution < 1.29 is 13.9 Å². The number of hydrogen-bond acceptors (Lipinski definition) is 6. The van der Waals surface area contributed by atoms with Gasteiger partial charge in [-0.1, -0.05) is 24.3 Å². The molecule has 3 aromatic rings. The molecule has 1 aromatic carbocycles. The maximum Gasteiger partial charge on any atom is 0.240 e. The Morgan fingerprint density at radius 3 is 2.53 bits per heavy atom. The van der Waals surface area contributed by atoms with Gasteiger partial charge >= 0.3 is 0 Å². The molecule has 1 saturated heterocycles. The average molecular weight is 499 g/mol. The lowest BCUT2D eigenvalue weighted by Gasteiger charge is -2.27. The Balaban J connectivity index is 1.44. The van der Waals surface area contributed by atoms with Crippen molar-refractivity contribution in [1.82, 2.24) is 24.8 Å². The van der Waals surface area contributed by atoms with E-state index >= 15 is 0 Å². The Morgan fingerprint density at radius 2 is 1.83 bits per heavy atom. The number of aliphatic hydroxyl groups is 1. The number of anilines is 1. The summed E-state index contributed by atoms with van der Waals surface area (Å²) in [5, 5.41) is 17.4. The van der Waals surface area contributed by atoms with Crippen LogP contribution in [0.1, 0.15) is 50.6 Å². The lowest BCUT2D eigenvalue weighted by molar-refractivity contribution is 0.111. The van der Waals surface area contributed by atoms with Gasteiger partial charge in [0, 0.05) is 74.6 Å². The molecule has 1 atom stereocenters. The van der Waals surface area contributed by atoms with Crippen LogP contribution < -0.4 is 10.6 Å². The lowest BCUT2D eigenvalue weighted by Crippen LogP contribution is -2.42. The monoisotopic (exact) mass is 498 g/mol. The maximum atomic E-state index is 12.8. The first-order valence-corrected chi connectivity index (χ1v) is 13.1. The number of rotatable bonds is 8. The van der Waals surface area contributed by atoms with Gasteiger partial charge in [-0.3, -0.25) is 4.90 Å². The van der Waals surface area contributed by atoms with E-state index in [1.54, 1.807) is 13.1 Å². The molecule has 3 N–H and O–H groups in total. The Kier molecular flexibility index (Phi) is 7.79. The molecule has 2 aliphatic rings. The van der Waals surface area contributed by atoms with Crippen LogP contribution in [-0.2, 0) is 6.54 Å². The molecular formula is C27H36F2N6O. The summed E-state index contributed by atoms with van der Waals surface area (Å²) in [5.41, 5.74) is 4.27. The topological polar surface area (TPSA) is 78.2 Å². The average Bonchev–Trinajstić information content (AvgIpc) is 3.24. The van der Waals surface area contributed by atoms with Gasteiger partial charge in [0.15, 0.2) is 0 Å². The smallest absolute Gasteiger partial charge is 0.240 e. The van der Waals surface area contributed by atoms with Crippen LogP contribution in [0.15, 0.2) is 36.7 Å². The first-order valence-electron chi connectivity index (χ1n) is 13.1. The van der Waals surface area contributed by atoms with Crippen molar-refractivity contribution in [2.24, 2.45) is 0 Å². The summed E-state index contributed by atoms with van der Waals surface area (Å²) in [6.45, 7) is 6.86. The van der Waals surface area contributed by atoms with E-state index in [0.29, 0.717) is 5.95 Å². The van der Waals surface area contributed by atoms with Crippen LogP contribution in [0.4, 0.5) is 14.7 Å². The standard InChI is InChI=1S/C27H36F2N6O/c1-18(14-25(28)29)32-27-31-15-23-24(17-35(26(23)33-27)21-6-8-22(36)9-7-21)20-4-2-19(3-5-20)16-34-12-10-30-11-13-34/h2-5,15,17-18,21-22,25,30,36H,6-14,16H2,1H3,(H,31,32,33)/t18-,21?,22?/m1/s1. The molecule has 1 saturated carbocycles. The number of fused-ring (bicyclic) bond motifs is 1. The van der Waals surface area contributed by atoms with Crippen LogP contribution in [0.5, 0.6) is 0 Å². The van der Waals surface area contributed by atoms with Crippen molar-refractivity contribution in [3.8, 4) is 11.1 Å². The zero-order chi connectivity index (χ0) is 25.1. The van der Waals surface area contributed by atoms with Gasteiger partial charge in [0.2, 0.25) is 12.4 Å². The zero-order valence-corrected chi connectivity index (χ0v) is 20.8. The van der Waals surface area contributed by atoms with E-state index < -0.39 is 12.5 Å². The van der Waals surface area contributed by atoms with Gasteiger partial charge in [-0.15, -0.1) is 0 Å². The van der Waals surface area contributed by atoms with Gasteiger partial charge < -0.3 is 20.3 Å². The highest BCUT2D eigenvalue weighted by Crippen LogP contribution is 2.37. The van der Waals surface area contributed by atoms with Crippen LogP contribution in [-0.4, -0.2) is 69.3 Å². The van der Waals surface area contributed by atoms with E-state index in [0.717, 1.165) is 80.6 Å². The SMILES string of the molecule is C[C@H](CC(F)F)Nc1ncc2c(-c3ccc(CN4CCNCC4)cc3)cn(C3CCC(O)CC3)c2n1. The van der Waals surface area contributed by atoms with Crippen molar-refractivity contribution in [2.75, 3.05) is 31.5 Å². The van der Waals surface area contributed by atoms with Crippen LogP contribution in [0.3, 0.4) is 0 Å². The van der Waals surface area contributed by atoms with Gasteiger partial charge in [0.1, 0.15) is 5.65 Å². The second kappa shape index (κ2) is 11.2. The zero-order valence-electron chi connectivity index (χ0n) is 20.8. The van der Waals surface area contributed by atoms with Crippen LogP contribution >= 0.6 is 0 Å². The largest absolute Gasteiger partial charge is 0.393 e. The molecule has 9 heteroatoms. The molecule has 3 heterocycles. The minimum Gasteiger partial charge on any atom is -0.393 e. The minimum atomic E-state index is -2.38. The molecule has 0 spiro atoms. The van der Waals surface area contributed by atoms with Gasteiger partial charge in [-0.2, -0.15) is 4.98 Å². The van der Waals surface area contributed by atoms with E-state index in [-0.39, 0.29) is 18.6 Å². The summed E-state index contributed by atoms with van der Waals surface area (Å²) in [5.74, 6) is 0.365. The van der Waals surface area contributed by atoms with Crippen molar-refractivity contribution in [1.29, 1.82) is 0 Å². The fourth-order valence-corrected chi connectivity index (χ4v) is 5.41. The lowest BCUT2D eigenvalue weighted by atomic mass is 9.93. The molecule has 194 valence electrons. The van der Waals surface area contributed by atoms with Gasteiger partial charge in [0.05, 0.1) is 6.10 Å². The van der Waals surface area contributed by atoms with Gasteiger partial charge in [-0.25, -0.2) is 13.8 Å². The fraction of sp³-hybridized carbons (Fsp3) is 0.556. The number of halogens is 2.